The van der Waals surface area contributed by atoms with Gasteiger partial charge in [-0.2, -0.15) is 0 Å². The van der Waals surface area contributed by atoms with Crippen LogP contribution in [0.1, 0.15) is 290 Å². The number of likely N-dealkylation sites (N-methyl/N-ethyl adjacent to an activating group) is 1. The Hall–Kier alpha value is -2.03. The lowest BCUT2D eigenvalue weighted by atomic mass is 10.0. The normalized spacial score (nSPS) is 13.6. The van der Waals surface area contributed by atoms with Gasteiger partial charge in [0, 0.05) is 12.8 Å². The molecule has 0 saturated carbocycles. The van der Waals surface area contributed by atoms with Crippen molar-refractivity contribution in [1.82, 2.24) is 0 Å². The van der Waals surface area contributed by atoms with E-state index in [1.165, 1.54) is 199 Å². The van der Waals surface area contributed by atoms with E-state index >= 15 is 0 Å². The first-order valence-electron chi connectivity index (χ1n) is 30.8. The van der Waals surface area contributed by atoms with Gasteiger partial charge in [-0.1, -0.05) is 274 Å². The van der Waals surface area contributed by atoms with Gasteiger partial charge >= 0.3 is 11.9 Å². The quantitative estimate of drug-likeness (QED) is 0.0195. The van der Waals surface area contributed by atoms with E-state index in [0.717, 1.165) is 57.8 Å². The number of unbranched alkanes of at least 4 members (excludes halogenated alkanes) is 35. The van der Waals surface area contributed by atoms with Crippen molar-refractivity contribution in [2.24, 2.45) is 0 Å². The van der Waals surface area contributed by atoms with Crippen LogP contribution in [-0.4, -0.2) is 70.0 Å². The van der Waals surface area contributed by atoms with Crippen molar-refractivity contribution < 1.29 is 42.1 Å². The summed E-state index contributed by atoms with van der Waals surface area (Å²) in [4.78, 5) is 37.8. The fraction of sp³-hybridized carbons (Fsp3) is 0.841. The summed E-state index contributed by atoms with van der Waals surface area (Å²) in [5, 5.41) is 0. The molecule has 0 aliphatic carbocycles. The first kappa shape index (κ1) is 71.0. The molecule has 0 radical (unpaired) electrons. The number of quaternary nitrogens is 1. The number of esters is 2. The molecule has 0 rings (SSSR count). The smallest absolute Gasteiger partial charge is 0.306 e. The summed E-state index contributed by atoms with van der Waals surface area (Å²) in [6, 6.07) is 0. The van der Waals surface area contributed by atoms with Gasteiger partial charge in [-0.15, -0.1) is 0 Å². The van der Waals surface area contributed by atoms with Crippen LogP contribution in [0.2, 0.25) is 0 Å². The molecule has 0 bridgehead atoms. The van der Waals surface area contributed by atoms with Crippen LogP contribution in [0.5, 0.6) is 0 Å². The van der Waals surface area contributed by atoms with Crippen molar-refractivity contribution in [3.05, 3.63) is 48.6 Å². The molecular formula is C63H118NO8P. The molecule has 2 atom stereocenters. The number of allylic oxidation sites excluding steroid dienone is 8. The molecular weight excluding hydrogens is 930 g/mol. The number of nitrogens with zero attached hydrogens (tertiary/aromatic N) is 1. The lowest BCUT2D eigenvalue weighted by molar-refractivity contribution is -0.870. The summed E-state index contributed by atoms with van der Waals surface area (Å²) in [7, 11) is 1.18. The summed E-state index contributed by atoms with van der Waals surface area (Å²) < 4.78 is 34.1. The highest BCUT2D eigenvalue weighted by Crippen LogP contribution is 2.38. The van der Waals surface area contributed by atoms with E-state index in [1.807, 2.05) is 21.1 Å². The molecule has 10 heteroatoms. The molecule has 73 heavy (non-hydrogen) atoms. The number of carbonyl (C=O) groups excluding carboxylic acids is 2. The highest BCUT2D eigenvalue weighted by atomic mass is 31.2. The summed E-state index contributed by atoms with van der Waals surface area (Å²) >= 11 is 0. The summed E-state index contributed by atoms with van der Waals surface area (Å²) in [6.45, 7) is 4.16. The predicted molar refractivity (Wildman–Crippen MR) is 310 cm³/mol. The Labute approximate surface area is 452 Å². The summed E-state index contributed by atoms with van der Waals surface area (Å²) in [5.41, 5.74) is 0. The zero-order valence-corrected chi connectivity index (χ0v) is 49.5. The van der Waals surface area contributed by atoms with Gasteiger partial charge in [0.25, 0.3) is 7.82 Å². The molecule has 0 aromatic carbocycles. The van der Waals surface area contributed by atoms with Crippen LogP contribution in [0.4, 0.5) is 0 Å². The van der Waals surface area contributed by atoms with Crippen LogP contribution < -0.4 is 4.89 Å². The Balaban J connectivity index is 3.89. The van der Waals surface area contributed by atoms with Crippen molar-refractivity contribution in [3.8, 4) is 0 Å². The van der Waals surface area contributed by atoms with Crippen molar-refractivity contribution in [2.45, 2.75) is 296 Å². The van der Waals surface area contributed by atoms with Gasteiger partial charge in [-0.05, 0) is 51.4 Å². The lowest BCUT2D eigenvalue weighted by Gasteiger charge is -2.28. The van der Waals surface area contributed by atoms with Crippen molar-refractivity contribution >= 4 is 19.8 Å². The second-order valence-corrected chi connectivity index (χ2v) is 23.5. The van der Waals surface area contributed by atoms with Crippen molar-refractivity contribution in [2.75, 3.05) is 47.5 Å². The minimum Gasteiger partial charge on any atom is -0.756 e. The third-order valence-corrected chi connectivity index (χ3v) is 14.6. The van der Waals surface area contributed by atoms with Crippen molar-refractivity contribution in [1.29, 1.82) is 0 Å². The fourth-order valence-corrected chi connectivity index (χ4v) is 9.61. The maximum atomic E-state index is 12.8. The van der Waals surface area contributed by atoms with Gasteiger partial charge in [-0.25, -0.2) is 0 Å². The van der Waals surface area contributed by atoms with Crippen LogP contribution in [0.25, 0.3) is 0 Å². The largest absolute Gasteiger partial charge is 0.756 e. The number of carbonyl (C=O) groups is 2. The van der Waals surface area contributed by atoms with Gasteiger partial charge in [0.15, 0.2) is 6.10 Å². The topological polar surface area (TPSA) is 111 Å². The molecule has 0 N–H and O–H groups in total. The molecule has 2 unspecified atom stereocenters. The molecule has 0 aliphatic heterocycles. The molecule has 0 aliphatic rings. The van der Waals surface area contributed by atoms with Gasteiger partial charge in [0.2, 0.25) is 0 Å². The minimum atomic E-state index is -4.63. The minimum absolute atomic E-state index is 0.0278. The monoisotopic (exact) mass is 1050 g/mol. The fourth-order valence-electron chi connectivity index (χ4n) is 8.89. The molecule has 9 nitrogen and oxygen atoms in total. The molecule has 0 amide bonds. The number of rotatable bonds is 57. The van der Waals surface area contributed by atoms with E-state index in [1.54, 1.807) is 0 Å². The Morgan fingerprint density at radius 3 is 1.16 bits per heavy atom. The third-order valence-electron chi connectivity index (χ3n) is 13.6. The highest BCUT2D eigenvalue weighted by Gasteiger charge is 2.22. The average molecular weight is 1050 g/mol. The average Bonchev–Trinajstić information content (AvgIpc) is 3.35. The highest BCUT2D eigenvalue weighted by molar-refractivity contribution is 7.45. The van der Waals surface area contributed by atoms with Gasteiger partial charge in [-0.3, -0.25) is 14.2 Å². The molecule has 428 valence electrons. The zero-order valence-electron chi connectivity index (χ0n) is 48.6. The molecule has 0 heterocycles. The standard InChI is InChI=1S/C63H118NO8P/c1-6-8-10-12-14-16-18-20-21-22-23-24-25-26-27-28-29-30-31-32-33-34-35-36-37-38-39-40-41-42-43-44-46-48-50-52-54-56-63(66)72-61(60-71-73(67,68)70-58-57-64(3,4)5)59-69-62(65)55-53-51-49-47-45-19-17-15-13-11-9-7-2/h8,10,14,16,20-21,23-24,61H,6-7,9,11-13,15,17-19,22,25-60H2,1-5H3/b10-8-,16-14-,21-20-,24-23-. The van der Waals surface area contributed by atoms with E-state index in [-0.39, 0.29) is 32.0 Å². The maximum Gasteiger partial charge on any atom is 0.306 e. The Morgan fingerprint density at radius 1 is 0.438 bits per heavy atom. The van der Waals surface area contributed by atoms with E-state index in [0.29, 0.717) is 17.4 Å². The van der Waals surface area contributed by atoms with Crippen LogP contribution >= 0.6 is 7.82 Å². The van der Waals surface area contributed by atoms with Gasteiger partial charge in [0.05, 0.1) is 27.7 Å². The lowest BCUT2D eigenvalue weighted by Crippen LogP contribution is -2.37. The summed E-state index contributed by atoms with van der Waals surface area (Å²) in [5.74, 6) is -0.819. The maximum absolute atomic E-state index is 12.8. The predicted octanol–water partition coefficient (Wildman–Crippen LogP) is 18.7. The SMILES string of the molecule is CC/C=C\C/C=C\C/C=C\C/C=C\CCCCCCCCCCCCCCCCCCCCCCCCCCC(=O)OC(COC(=O)CCCCCCCCCCCCCC)COP(=O)([O-])OCC[N+](C)(C)C. The number of phosphoric ester groups is 1. The van der Waals surface area contributed by atoms with Gasteiger partial charge in [0.1, 0.15) is 19.8 Å². The molecule has 0 aromatic rings. The second kappa shape index (κ2) is 54.7. The molecule has 0 spiro atoms. The van der Waals surface area contributed by atoms with Gasteiger partial charge < -0.3 is 27.9 Å². The van der Waals surface area contributed by atoms with E-state index in [2.05, 4.69) is 62.5 Å². The van der Waals surface area contributed by atoms with E-state index in [4.69, 9.17) is 18.5 Å². The number of hydrogen-bond acceptors (Lipinski definition) is 8. The van der Waals surface area contributed by atoms with Crippen LogP contribution in [0.15, 0.2) is 48.6 Å². The molecule has 0 fully saturated rings. The van der Waals surface area contributed by atoms with Crippen LogP contribution in [0.3, 0.4) is 0 Å². The Morgan fingerprint density at radius 2 is 0.781 bits per heavy atom. The number of hydrogen-bond donors (Lipinski definition) is 0. The van der Waals surface area contributed by atoms with E-state index < -0.39 is 26.5 Å². The second-order valence-electron chi connectivity index (χ2n) is 22.0. The zero-order chi connectivity index (χ0) is 53.5. The number of ether oxygens (including phenoxy) is 2. The Kier molecular flexibility index (Phi) is 53.2. The Bertz CT molecular complexity index is 1370. The first-order valence-corrected chi connectivity index (χ1v) is 32.3. The van der Waals surface area contributed by atoms with Crippen LogP contribution in [-0.2, 0) is 32.7 Å². The number of phosphoric acid groups is 1. The van der Waals surface area contributed by atoms with Crippen molar-refractivity contribution in [3.63, 3.8) is 0 Å². The van der Waals surface area contributed by atoms with E-state index in [9.17, 15) is 19.0 Å². The third kappa shape index (κ3) is 59.1. The first-order chi connectivity index (χ1) is 35.5. The molecule has 0 saturated heterocycles. The summed E-state index contributed by atoms with van der Waals surface area (Å²) in [6.07, 6.45) is 69.1. The van der Waals surface area contributed by atoms with Crippen LogP contribution in [0, 0.1) is 0 Å². The molecule has 0 aromatic heterocycles.